The second-order valence-corrected chi connectivity index (χ2v) is 9.18. The highest BCUT2D eigenvalue weighted by Gasteiger charge is 2.72. The van der Waals surface area contributed by atoms with Crippen molar-refractivity contribution in [3.8, 4) is 6.07 Å². The molecule has 0 N–H and O–H groups in total. The molecule has 0 saturated heterocycles. The van der Waals surface area contributed by atoms with Crippen molar-refractivity contribution < 1.29 is 13.2 Å². The molecule has 2 aromatic rings. The van der Waals surface area contributed by atoms with Gasteiger partial charge in [-0.15, -0.1) is 0 Å². The van der Waals surface area contributed by atoms with Crippen LogP contribution in [0.15, 0.2) is 53.4 Å². The summed E-state index contributed by atoms with van der Waals surface area (Å²) in [5.41, 5.74) is -0.416. The Bertz CT molecular complexity index is 953. The smallest absolute Gasteiger partial charge is 0.183 e. The van der Waals surface area contributed by atoms with Crippen LogP contribution in [0.1, 0.15) is 18.4 Å². The van der Waals surface area contributed by atoms with Gasteiger partial charge >= 0.3 is 0 Å². The normalized spacial score (nSPS) is 24.8. The summed E-state index contributed by atoms with van der Waals surface area (Å²) in [5, 5.41) is 9.91. The molecule has 0 bridgehead atoms. The molecule has 26 heavy (non-hydrogen) atoms. The summed E-state index contributed by atoms with van der Waals surface area (Å²) in [5.74, 6) is -0.501. The van der Waals surface area contributed by atoms with Gasteiger partial charge in [-0.1, -0.05) is 35.3 Å². The van der Waals surface area contributed by atoms with E-state index < -0.39 is 26.4 Å². The van der Waals surface area contributed by atoms with E-state index in [9.17, 15) is 13.7 Å². The van der Waals surface area contributed by atoms with Crippen LogP contribution in [-0.4, -0.2) is 26.9 Å². The molecule has 0 heterocycles. The number of halogens is 2. The predicted octanol–water partition coefficient (Wildman–Crippen LogP) is 4.48. The average molecular weight is 410 g/mol. The van der Waals surface area contributed by atoms with Crippen molar-refractivity contribution in [1.29, 1.82) is 5.26 Å². The quantitative estimate of drug-likeness (QED) is 0.704. The molecule has 1 aliphatic carbocycles. The number of ether oxygens (including phenoxy) is 1. The molecule has 0 aromatic heterocycles. The zero-order valence-electron chi connectivity index (χ0n) is 14.0. The minimum Gasteiger partial charge on any atom is -0.380 e. The highest BCUT2D eigenvalue weighted by molar-refractivity contribution is 7.92. The lowest BCUT2D eigenvalue weighted by atomic mass is 10.0. The van der Waals surface area contributed by atoms with Crippen LogP contribution in [0.4, 0.5) is 0 Å². The van der Waals surface area contributed by atoms with Gasteiger partial charge in [0.1, 0.15) is 5.41 Å². The van der Waals surface area contributed by atoms with E-state index >= 15 is 0 Å². The van der Waals surface area contributed by atoms with Crippen molar-refractivity contribution in [2.45, 2.75) is 23.0 Å². The van der Waals surface area contributed by atoms with Gasteiger partial charge in [0.15, 0.2) is 9.84 Å². The number of rotatable bonds is 6. The van der Waals surface area contributed by atoms with Crippen LogP contribution in [0.5, 0.6) is 0 Å². The highest BCUT2D eigenvalue weighted by Crippen LogP contribution is 2.64. The van der Waals surface area contributed by atoms with Crippen LogP contribution < -0.4 is 0 Å². The lowest BCUT2D eigenvalue weighted by Crippen LogP contribution is -2.19. The first-order chi connectivity index (χ1) is 12.4. The van der Waals surface area contributed by atoms with Crippen LogP contribution in [0, 0.1) is 16.7 Å². The minimum absolute atomic E-state index is 0.0503. The molecule has 0 spiro atoms. The van der Waals surface area contributed by atoms with E-state index in [2.05, 4.69) is 6.07 Å². The number of benzene rings is 2. The van der Waals surface area contributed by atoms with Gasteiger partial charge in [0.2, 0.25) is 0 Å². The van der Waals surface area contributed by atoms with Gasteiger partial charge in [-0.25, -0.2) is 8.42 Å². The van der Waals surface area contributed by atoms with Crippen LogP contribution in [0.25, 0.3) is 0 Å². The zero-order valence-corrected chi connectivity index (χ0v) is 16.4. The summed E-state index contributed by atoms with van der Waals surface area (Å²) in [6.45, 7) is 2.26. The van der Waals surface area contributed by atoms with Crippen LogP contribution in [0.3, 0.4) is 0 Å². The summed E-state index contributed by atoms with van der Waals surface area (Å²) in [6.07, 6.45) is 0. The first kappa shape index (κ1) is 19.2. The first-order valence-electron chi connectivity index (χ1n) is 8.10. The van der Waals surface area contributed by atoms with Gasteiger partial charge in [-0.3, -0.25) is 0 Å². The number of nitriles is 1. The molecule has 3 atom stereocenters. The number of hydrogen-bond acceptors (Lipinski definition) is 4. The molecule has 1 aliphatic rings. The number of hydrogen-bond donors (Lipinski definition) is 0. The van der Waals surface area contributed by atoms with Gasteiger partial charge in [-0.2, -0.15) is 5.26 Å². The second-order valence-electron chi connectivity index (χ2n) is 6.24. The Labute approximate surface area is 163 Å². The summed E-state index contributed by atoms with van der Waals surface area (Å²) < 4.78 is 31.9. The molecule has 0 unspecified atom stereocenters. The van der Waals surface area contributed by atoms with Crippen molar-refractivity contribution >= 4 is 33.0 Å². The molecule has 7 heteroatoms. The summed E-state index contributed by atoms with van der Waals surface area (Å²) in [7, 11) is -3.75. The molecule has 0 amide bonds. The van der Waals surface area contributed by atoms with Crippen molar-refractivity contribution in [3.63, 3.8) is 0 Å². The Morgan fingerprint density at radius 3 is 2.42 bits per heavy atom. The molecule has 1 fully saturated rings. The topological polar surface area (TPSA) is 67.2 Å². The van der Waals surface area contributed by atoms with Crippen LogP contribution in [-0.2, 0) is 14.6 Å². The van der Waals surface area contributed by atoms with Crippen molar-refractivity contribution in [2.24, 2.45) is 5.41 Å². The van der Waals surface area contributed by atoms with Gasteiger partial charge in [0.25, 0.3) is 0 Å². The van der Waals surface area contributed by atoms with E-state index in [0.29, 0.717) is 16.7 Å². The van der Waals surface area contributed by atoms with Gasteiger partial charge in [0.05, 0.1) is 22.8 Å². The van der Waals surface area contributed by atoms with Gasteiger partial charge in [-0.05, 0) is 48.9 Å². The molecule has 0 aliphatic heterocycles. The third-order valence-corrected chi connectivity index (χ3v) is 7.47. The molecule has 1 saturated carbocycles. The predicted molar refractivity (Wildman–Crippen MR) is 101 cm³/mol. The first-order valence-corrected chi connectivity index (χ1v) is 10.4. The van der Waals surface area contributed by atoms with E-state index in [1.165, 1.54) is 24.3 Å². The average Bonchev–Trinajstić information content (AvgIpc) is 3.31. The van der Waals surface area contributed by atoms with Gasteiger partial charge < -0.3 is 4.74 Å². The Morgan fingerprint density at radius 1 is 1.15 bits per heavy atom. The lowest BCUT2D eigenvalue weighted by Gasteiger charge is -2.10. The molecule has 3 rings (SSSR count). The van der Waals surface area contributed by atoms with Crippen molar-refractivity contribution in [2.75, 3.05) is 13.2 Å². The van der Waals surface area contributed by atoms with Crippen molar-refractivity contribution in [1.82, 2.24) is 0 Å². The second kappa shape index (κ2) is 7.21. The van der Waals surface area contributed by atoms with E-state index in [0.717, 1.165) is 5.56 Å². The summed E-state index contributed by atoms with van der Waals surface area (Å²) in [4.78, 5) is 0.146. The van der Waals surface area contributed by atoms with E-state index in [-0.39, 0.29) is 11.5 Å². The Morgan fingerprint density at radius 2 is 1.85 bits per heavy atom. The minimum atomic E-state index is -3.75. The maximum absolute atomic E-state index is 13.2. The van der Waals surface area contributed by atoms with Crippen LogP contribution >= 0.6 is 23.2 Å². The largest absolute Gasteiger partial charge is 0.380 e. The standard InChI is InChI=1S/C19H17Cl2NO3S/c1-2-25-12-19(11-22)17(13-4-3-5-15(21)10-13)18(19)26(23,24)16-8-6-14(20)7-9-16/h3-10,17-18H,2,12H2,1H3/t17-,18+,19+/m1/s1. The number of sulfone groups is 1. The van der Waals surface area contributed by atoms with E-state index in [1.54, 1.807) is 24.3 Å². The highest BCUT2D eigenvalue weighted by atomic mass is 35.5. The maximum Gasteiger partial charge on any atom is 0.183 e. The molecular formula is C19H17Cl2NO3S. The fourth-order valence-electron chi connectivity index (χ4n) is 3.41. The molecule has 2 aromatic carbocycles. The van der Waals surface area contributed by atoms with Crippen molar-refractivity contribution in [3.05, 3.63) is 64.1 Å². The molecular weight excluding hydrogens is 393 g/mol. The fourth-order valence-corrected chi connectivity index (χ4v) is 6.05. The summed E-state index contributed by atoms with van der Waals surface area (Å²) >= 11 is 11.9. The Kier molecular flexibility index (Phi) is 5.32. The monoisotopic (exact) mass is 409 g/mol. The molecule has 0 radical (unpaired) electrons. The maximum atomic E-state index is 13.2. The third-order valence-electron chi connectivity index (χ3n) is 4.69. The SMILES string of the molecule is CCOC[C@@]1(C#N)[C@H](c2cccc(Cl)c2)[C@@H]1S(=O)(=O)c1ccc(Cl)cc1. The lowest BCUT2D eigenvalue weighted by molar-refractivity contribution is 0.117. The van der Waals surface area contributed by atoms with E-state index in [4.69, 9.17) is 27.9 Å². The summed E-state index contributed by atoms with van der Waals surface area (Å²) in [6, 6.07) is 15.2. The fraction of sp³-hybridized carbons (Fsp3) is 0.316. The van der Waals surface area contributed by atoms with E-state index in [1.807, 2.05) is 6.92 Å². The molecule has 136 valence electrons. The third kappa shape index (κ3) is 3.23. The number of nitrogens with zero attached hydrogens (tertiary/aromatic N) is 1. The molecule has 4 nitrogen and oxygen atoms in total. The Balaban J connectivity index is 2.07. The zero-order chi connectivity index (χ0) is 18.9. The van der Waals surface area contributed by atoms with Gasteiger partial charge in [0, 0.05) is 22.6 Å². The van der Waals surface area contributed by atoms with Crippen LogP contribution in [0.2, 0.25) is 10.0 Å². The Hall–Kier alpha value is -1.58.